The summed E-state index contributed by atoms with van der Waals surface area (Å²) in [5.41, 5.74) is 1.96. The predicted octanol–water partition coefficient (Wildman–Crippen LogP) is 0.157. The second kappa shape index (κ2) is 6.94. The number of aliphatic hydroxyl groups is 1. The van der Waals surface area contributed by atoms with Gasteiger partial charge in [0.1, 0.15) is 0 Å². The molecule has 21 heavy (non-hydrogen) atoms. The van der Waals surface area contributed by atoms with E-state index in [1.165, 1.54) is 5.56 Å². The zero-order valence-corrected chi connectivity index (χ0v) is 12.6. The Kier molecular flexibility index (Phi) is 4.99. The van der Waals surface area contributed by atoms with E-state index in [2.05, 4.69) is 20.7 Å². The van der Waals surface area contributed by atoms with E-state index in [-0.39, 0.29) is 0 Å². The number of hydrogen-bond acceptors (Lipinski definition) is 3. The number of aliphatic imine (C=N–C) groups is 1. The van der Waals surface area contributed by atoms with E-state index in [0.717, 1.165) is 5.56 Å². The summed E-state index contributed by atoms with van der Waals surface area (Å²) in [4.78, 5) is 4.14. The van der Waals surface area contributed by atoms with Crippen LogP contribution in [0.15, 0.2) is 35.8 Å². The molecule has 0 aliphatic carbocycles. The summed E-state index contributed by atoms with van der Waals surface area (Å²) < 4.78 is 3.67. The van der Waals surface area contributed by atoms with Gasteiger partial charge in [0.25, 0.3) is 0 Å². The average molecular weight is 290 g/mol. The normalized spacial score (nSPS) is 13.2. The number of aryl methyl sites for hydroxylation is 2. The fraction of sp³-hybridized carbons (Fsp3) is 0.429. The van der Waals surface area contributed by atoms with Gasteiger partial charge in [-0.2, -0.15) is 5.10 Å². The van der Waals surface area contributed by atoms with Crippen molar-refractivity contribution in [3.63, 3.8) is 0 Å². The van der Waals surface area contributed by atoms with Crippen molar-refractivity contribution in [3.8, 4) is 0 Å². The first-order chi connectivity index (χ1) is 10.1. The van der Waals surface area contributed by atoms with Gasteiger partial charge in [-0.1, -0.05) is 0 Å². The van der Waals surface area contributed by atoms with E-state index in [1.807, 2.05) is 37.1 Å². The van der Waals surface area contributed by atoms with Crippen molar-refractivity contribution in [3.05, 3.63) is 42.0 Å². The Hall–Kier alpha value is -2.28. The highest BCUT2D eigenvalue weighted by molar-refractivity contribution is 5.79. The zero-order chi connectivity index (χ0) is 15.2. The highest BCUT2D eigenvalue weighted by atomic mass is 16.3. The molecule has 0 aromatic carbocycles. The number of nitrogens with zero attached hydrogens (tertiary/aromatic N) is 4. The molecule has 0 saturated carbocycles. The lowest BCUT2D eigenvalue weighted by atomic mass is 10.2. The van der Waals surface area contributed by atoms with Crippen molar-refractivity contribution in [1.82, 2.24) is 25.0 Å². The Labute approximate surface area is 124 Å². The number of rotatable bonds is 5. The molecule has 0 aliphatic heterocycles. The average Bonchev–Trinajstić information content (AvgIpc) is 3.07. The van der Waals surface area contributed by atoms with Crippen molar-refractivity contribution in [1.29, 1.82) is 0 Å². The molecule has 0 fully saturated rings. The van der Waals surface area contributed by atoms with Crippen LogP contribution >= 0.6 is 0 Å². The zero-order valence-electron chi connectivity index (χ0n) is 12.6. The predicted molar refractivity (Wildman–Crippen MR) is 81.8 cm³/mol. The third kappa shape index (κ3) is 4.35. The summed E-state index contributed by atoms with van der Waals surface area (Å²) in [5, 5.41) is 20.4. The molecule has 7 nitrogen and oxygen atoms in total. The molecule has 0 aliphatic rings. The minimum atomic E-state index is -0.617. The fourth-order valence-electron chi connectivity index (χ4n) is 2.00. The number of nitrogens with one attached hydrogen (secondary N) is 2. The SMILES string of the molecule is CN=C(NCc1ccn(C)c1)NCC(O)c1cnn(C)c1. The number of aromatic nitrogens is 3. The van der Waals surface area contributed by atoms with Crippen molar-refractivity contribution in [2.24, 2.45) is 19.1 Å². The van der Waals surface area contributed by atoms with Gasteiger partial charge >= 0.3 is 0 Å². The molecule has 2 heterocycles. The quantitative estimate of drug-likeness (QED) is 0.541. The van der Waals surface area contributed by atoms with Crippen LogP contribution in [0.2, 0.25) is 0 Å². The van der Waals surface area contributed by atoms with E-state index in [1.54, 1.807) is 24.1 Å². The van der Waals surface area contributed by atoms with Gasteiger partial charge in [-0.25, -0.2) is 0 Å². The summed E-state index contributed by atoms with van der Waals surface area (Å²) >= 11 is 0. The lowest BCUT2D eigenvalue weighted by Crippen LogP contribution is -2.38. The van der Waals surface area contributed by atoms with E-state index in [0.29, 0.717) is 19.0 Å². The van der Waals surface area contributed by atoms with Crippen LogP contribution in [-0.2, 0) is 20.6 Å². The topological polar surface area (TPSA) is 79.4 Å². The van der Waals surface area contributed by atoms with Crippen molar-refractivity contribution in [2.75, 3.05) is 13.6 Å². The first-order valence-electron chi connectivity index (χ1n) is 6.80. The summed E-state index contributed by atoms with van der Waals surface area (Å²) in [6.07, 6.45) is 6.89. The monoisotopic (exact) mass is 290 g/mol. The van der Waals surface area contributed by atoms with Gasteiger partial charge in [0.15, 0.2) is 5.96 Å². The molecule has 7 heteroatoms. The second-order valence-electron chi connectivity index (χ2n) is 4.96. The van der Waals surface area contributed by atoms with E-state index < -0.39 is 6.10 Å². The molecule has 2 rings (SSSR count). The summed E-state index contributed by atoms with van der Waals surface area (Å²) in [6.45, 7) is 1.06. The third-order valence-corrected chi connectivity index (χ3v) is 3.15. The molecule has 0 spiro atoms. The minimum Gasteiger partial charge on any atom is -0.386 e. The van der Waals surface area contributed by atoms with Gasteiger partial charge in [-0.3, -0.25) is 9.67 Å². The van der Waals surface area contributed by atoms with Gasteiger partial charge in [0.2, 0.25) is 0 Å². The molecule has 0 bridgehead atoms. The van der Waals surface area contributed by atoms with E-state index in [9.17, 15) is 5.11 Å². The Balaban J connectivity index is 1.80. The lowest BCUT2D eigenvalue weighted by molar-refractivity contribution is 0.180. The van der Waals surface area contributed by atoms with Gasteiger partial charge in [-0.05, 0) is 11.6 Å². The highest BCUT2D eigenvalue weighted by Gasteiger charge is 2.10. The molecule has 1 unspecified atom stereocenters. The van der Waals surface area contributed by atoms with E-state index >= 15 is 0 Å². The van der Waals surface area contributed by atoms with Crippen LogP contribution < -0.4 is 10.6 Å². The number of hydrogen-bond donors (Lipinski definition) is 3. The van der Waals surface area contributed by atoms with Crippen LogP contribution in [-0.4, -0.2) is 39.0 Å². The van der Waals surface area contributed by atoms with Crippen LogP contribution in [0.4, 0.5) is 0 Å². The largest absolute Gasteiger partial charge is 0.386 e. The van der Waals surface area contributed by atoms with Crippen LogP contribution in [0.1, 0.15) is 17.2 Å². The summed E-state index contributed by atoms with van der Waals surface area (Å²) in [6, 6.07) is 2.05. The maximum absolute atomic E-state index is 10.1. The molecule has 0 saturated heterocycles. The van der Waals surface area contributed by atoms with Crippen LogP contribution in [0.25, 0.3) is 0 Å². The second-order valence-corrected chi connectivity index (χ2v) is 4.96. The first kappa shape index (κ1) is 15.1. The standard InChI is InChI=1S/C14H22N6O/c1-15-14(16-6-11-4-5-19(2)9-11)17-8-13(21)12-7-18-20(3)10-12/h4-5,7,9-10,13,21H,6,8H2,1-3H3,(H2,15,16,17). The maximum Gasteiger partial charge on any atom is 0.191 e. The molecule has 3 N–H and O–H groups in total. The summed E-state index contributed by atoms with van der Waals surface area (Å²) in [5.74, 6) is 0.654. The Morgan fingerprint density at radius 3 is 2.76 bits per heavy atom. The maximum atomic E-state index is 10.1. The molecule has 0 amide bonds. The highest BCUT2D eigenvalue weighted by Crippen LogP contribution is 2.09. The molecule has 2 aromatic rings. The third-order valence-electron chi connectivity index (χ3n) is 3.15. The molecule has 114 valence electrons. The smallest absolute Gasteiger partial charge is 0.191 e. The molecular formula is C14H22N6O. The van der Waals surface area contributed by atoms with Crippen molar-refractivity contribution < 1.29 is 5.11 Å². The molecule has 2 aromatic heterocycles. The first-order valence-corrected chi connectivity index (χ1v) is 6.80. The van der Waals surface area contributed by atoms with Crippen LogP contribution in [0.3, 0.4) is 0 Å². The van der Waals surface area contributed by atoms with Gasteiger partial charge in [0, 0.05) is 58.4 Å². The van der Waals surface area contributed by atoms with Gasteiger partial charge in [-0.15, -0.1) is 0 Å². The number of guanidine groups is 1. The Morgan fingerprint density at radius 2 is 2.19 bits per heavy atom. The van der Waals surface area contributed by atoms with Crippen molar-refractivity contribution in [2.45, 2.75) is 12.6 Å². The molecule has 1 atom stereocenters. The van der Waals surface area contributed by atoms with Crippen LogP contribution in [0, 0.1) is 0 Å². The van der Waals surface area contributed by atoms with Crippen LogP contribution in [0.5, 0.6) is 0 Å². The summed E-state index contributed by atoms with van der Waals surface area (Å²) in [7, 11) is 5.52. The Bertz CT molecular complexity index is 600. The Morgan fingerprint density at radius 1 is 1.38 bits per heavy atom. The van der Waals surface area contributed by atoms with Crippen molar-refractivity contribution >= 4 is 5.96 Å². The fourth-order valence-corrected chi connectivity index (χ4v) is 2.00. The van der Waals surface area contributed by atoms with Gasteiger partial charge in [0.05, 0.1) is 12.3 Å². The minimum absolute atomic E-state index is 0.375. The number of aliphatic hydroxyl groups excluding tert-OH is 1. The van der Waals surface area contributed by atoms with E-state index in [4.69, 9.17) is 0 Å². The van der Waals surface area contributed by atoms with Gasteiger partial charge < -0.3 is 20.3 Å². The molecule has 0 radical (unpaired) electrons. The lowest BCUT2D eigenvalue weighted by Gasteiger charge is -2.14. The molecular weight excluding hydrogens is 268 g/mol.